The van der Waals surface area contributed by atoms with Gasteiger partial charge in [0.05, 0.1) is 19.3 Å². The Morgan fingerprint density at radius 1 is 0.746 bits per heavy atom. The van der Waals surface area contributed by atoms with E-state index in [9.17, 15) is 54.0 Å². The third kappa shape index (κ3) is 17.8. The maximum Gasteiger partial charge on any atom is 0.248 e. The number of aliphatic hydroxyl groups excluding tert-OH is 2. The van der Waals surface area contributed by atoms with Gasteiger partial charge >= 0.3 is 0 Å². The molecule has 9 N–H and O–H groups in total. The summed E-state index contributed by atoms with van der Waals surface area (Å²) in [7, 11) is 2.72. The highest BCUT2D eigenvalue weighted by Crippen LogP contribution is 2.38. The highest BCUT2D eigenvalue weighted by Gasteiger charge is 2.34. The zero-order chi connectivity index (χ0) is 49.6. The zero-order valence-corrected chi connectivity index (χ0v) is 40.2. The fourth-order valence-electron chi connectivity index (χ4n) is 7.87. The molecular formula is C49H75N7O11. The first-order chi connectivity index (χ1) is 31.9. The van der Waals surface area contributed by atoms with E-state index in [1.165, 1.54) is 128 Å². The molecule has 1 aliphatic heterocycles. The second-order valence-corrected chi connectivity index (χ2v) is 17.8. The highest BCUT2D eigenvalue weighted by molar-refractivity contribution is 5.97. The van der Waals surface area contributed by atoms with E-state index in [1.807, 2.05) is 0 Å². The van der Waals surface area contributed by atoms with Crippen LogP contribution in [0.3, 0.4) is 0 Å². The first kappa shape index (κ1) is 55.6. The lowest BCUT2D eigenvalue weighted by molar-refractivity contribution is -0.142. The third-order valence-electron chi connectivity index (χ3n) is 12.1. The Morgan fingerprint density at radius 3 is 1.90 bits per heavy atom. The van der Waals surface area contributed by atoms with Crippen LogP contribution < -0.4 is 26.6 Å². The molecular weight excluding hydrogens is 863 g/mol. The Bertz CT molecular complexity index is 1980. The van der Waals surface area contributed by atoms with Crippen LogP contribution in [0.15, 0.2) is 36.4 Å². The number of phenolic OH excluding ortho intramolecular Hbond substituents is 2. The summed E-state index contributed by atoms with van der Waals surface area (Å²) in [5, 5.41) is 54.4. The van der Waals surface area contributed by atoms with Crippen LogP contribution in [0.2, 0.25) is 0 Å². The molecule has 1 heterocycles. The number of likely N-dealkylation sites (N-methyl/N-ethyl adjacent to an activating group) is 2. The number of benzene rings is 2. The molecule has 3 rings (SSSR count). The molecule has 0 unspecified atom stereocenters. The van der Waals surface area contributed by atoms with Crippen molar-refractivity contribution in [1.29, 1.82) is 0 Å². The van der Waals surface area contributed by atoms with Gasteiger partial charge in [0.25, 0.3) is 0 Å². The lowest BCUT2D eigenvalue weighted by Gasteiger charge is -2.30. The third-order valence-corrected chi connectivity index (χ3v) is 12.1. The van der Waals surface area contributed by atoms with Gasteiger partial charge in [-0.05, 0) is 62.6 Å². The van der Waals surface area contributed by atoms with Gasteiger partial charge in [-0.25, -0.2) is 0 Å². The Hall–Kier alpha value is -5.75. The number of fused-ring (bicyclic) bond motifs is 5. The van der Waals surface area contributed by atoms with Gasteiger partial charge in [-0.15, -0.1) is 0 Å². The van der Waals surface area contributed by atoms with E-state index in [1.54, 1.807) is 6.07 Å². The van der Waals surface area contributed by atoms with Crippen molar-refractivity contribution in [1.82, 2.24) is 36.4 Å². The lowest BCUT2D eigenvalue weighted by atomic mass is 9.93. The van der Waals surface area contributed by atoms with Crippen LogP contribution >= 0.6 is 0 Å². The summed E-state index contributed by atoms with van der Waals surface area (Å²) in [4.78, 5) is 96.0. The average Bonchev–Trinajstić information content (AvgIpc) is 3.29. The van der Waals surface area contributed by atoms with Crippen LogP contribution in [-0.4, -0.2) is 136 Å². The van der Waals surface area contributed by atoms with E-state index < -0.39 is 84.9 Å². The van der Waals surface area contributed by atoms with Gasteiger partial charge in [-0.2, -0.15) is 0 Å². The standard InChI is InChI=1S/C49H75N7O11/c1-7-8-9-10-11-12-13-14-15-16-17-18-19-20-42(61)55(5)39(30-57)48(66)52-32(3)45(63)51-29-43(62)56(6)44-35-22-24-41(60)37(27-35)36-25-34(21-23-40(36)59)26-38(47(65)50-28-31(2)58)54-46(64)33(4)53-49(44)67/h21-25,27,31-33,38-39,44,57-60H,7-20,26,28-30H2,1-6H3,(H,50,65)(H,51,63)(H,52,66)(H,53,67)(H,54,64)/t31-,32-,33+,38+,39-,44+/m1/s1. The number of aromatic hydroxyl groups is 2. The number of carbonyl (C=O) groups is 7. The maximum atomic E-state index is 14.1. The molecule has 18 heteroatoms. The van der Waals surface area contributed by atoms with Gasteiger partial charge in [0, 0.05) is 44.6 Å². The predicted molar refractivity (Wildman–Crippen MR) is 253 cm³/mol. The summed E-state index contributed by atoms with van der Waals surface area (Å²) < 4.78 is 0. The second kappa shape index (κ2) is 28.4. The van der Waals surface area contributed by atoms with Gasteiger partial charge in [0.1, 0.15) is 41.7 Å². The minimum Gasteiger partial charge on any atom is -0.507 e. The number of carbonyl (C=O) groups excluding carboxylic acids is 7. The number of rotatable bonds is 25. The van der Waals surface area contributed by atoms with Gasteiger partial charge < -0.3 is 56.8 Å². The van der Waals surface area contributed by atoms with Crippen molar-refractivity contribution < 1.29 is 54.0 Å². The van der Waals surface area contributed by atoms with Crippen molar-refractivity contribution in [2.75, 3.05) is 33.8 Å². The van der Waals surface area contributed by atoms with Crippen molar-refractivity contribution in [3.05, 3.63) is 47.5 Å². The van der Waals surface area contributed by atoms with Crippen LogP contribution in [0.4, 0.5) is 0 Å². The summed E-state index contributed by atoms with van der Waals surface area (Å²) >= 11 is 0. The quantitative estimate of drug-likeness (QED) is 0.0653. The average molecular weight is 938 g/mol. The van der Waals surface area contributed by atoms with Gasteiger partial charge in [-0.1, -0.05) is 96.1 Å². The number of phenols is 2. The second-order valence-electron chi connectivity index (χ2n) is 17.8. The van der Waals surface area contributed by atoms with E-state index in [-0.39, 0.29) is 53.5 Å². The molecule has 0 fully saturated rings. The summed E-state index contributed by atoms with van der Waals surface area (Å²) in [5.41, 5.74) is 0.870. The minimum atomic E-state index is -1.47. The van der Waals surface area contributed by atoms with E-state index in [2.05, 4.69) is 33.5 Å². The molecule has 2 aromatic rings. The van der Waals surface area contributed by atoms with Crippen molar-refractivity contribution in [3.8, 4) is 22.6 Å². The topological polar surface area (TPSA) is 267 Å². The number of unbranched alkanes of at least 4 members (excludes halogenated alkanes) is 12. The normalized spacial score (nSPS) is 17.4. The fourth-order valence-corrected chi connectivity index (χ4v) is 7.87. The summed E-state index contributed by atoms with van der Waals surface area (Å²) in [5.74, 6) is -5.35. The molecule has 0 spiro atoms. The zero-order valence-electron chi connectivity index (χ0n) is 40.2. The molecule has 0 saturated carbocycles. The van der Waals surface area contributed by atoms with Crippen molar-refractivity contribution in [3.63, 3.8) is 0 Å². The van der Waals surface area contributed by atoms with Gasteiger partial charge in [-0.3, -0.25) is 33.6 Å². The van der Waals surface area contributed by atoms with Crippen molar-refractivity contribution >= 4 is 41.4 Å². The monoisotopic (exact) mass is 938 g/mol. The van der Waals surface area contributed by atoms with E-state index in [4.69, 9.17) is 0 Å². The molecule has 1 aliphatic rings. The van der Waals surface area contributed by atoms with E-state index in [0.29, 0.717) is 12.0 Å². The molecule has 2 aromatic carbocycles. The molecule has 18 nitrogen and oxygen atoms in total. The smallest absolute Gasteiger partial charge is 0.248 e. The van der Waals surface area contributed by atoms with Crippen molar-refractivity contribution in [2.45, 2.75) is 160 Å². The summed E-state index contributed by atoms with van der Waals surface area (Å²) in [6.45, 7) is 5.02. The van der Waals surface area contributed by atoms with Crippen LogP contribution in [0.25, 0.3) is 11.1 Å². The first-order valence-electron chi connectivity index (χ1n) is 23.8. The fraction of sp³-hybridized carbons (Fsp3) is 0.612. The molecule has 7 amide bonds. The van der Waals surface area contributed by atoms with Crippen LogP contribution in [0.1, 0.15) is 135 Å². The lowest BCUT2D eigenvalue weighted by Crippen LogP contribution is -2.56. The van der Waals surface area contributed by atoms with Crippen molar-refractivity contribution in [2.24, 2.45) is 0 Å². The van der Waals surface area contributed by atoms with Gasteiger partial charge in [0.2, 0.25) is 41.4 Å². The van der Waals surface area contributed by atoms with E-state index in [0.717, 1.165) is 24.2 Å². The van der Waals surface area contributed by atoms with Crippen LogP contribution in [-0.2, 0) is 40.0 Å². The number of aliphatic hydroxyl groups is 2. The molecule has 372 valence electrons. The van der Waals surface area contributed by atoms with Crippen LogP contribution in [0.5, 0.6) is 11.5 Å². The van der Waals surface area contributed by atoms with E-state index >= 15 is 0 Å². The summed E-state index contributed by atoms with van der Waals surface area (Å²) in [6, 6.07) is 2.14. The number of hydrogen-bond donors (Lipinski definition) is 9. The Balaban J connectivity index is 1.64. The first-order valence-corrected chi connectivity index (χ1v) is 23.8. The maximum absolute atomic E-state index is 14.1. The predicted octanol–water partition coefficient (Wildman–Crippen LogP) is 3.23. The number of hydrogen-bond acceptors (Lipinski definition) is 11. The molecule has 0 saturated heterocycles. The number of amides is 7. The highest BCUT2D eigenvalue weighted by atomic mass is 16.3. The molecule has 6 atom stereocenters. The molecule has 0 aliphatic carbocycles. The van der Waals surface area contributed by atoms with Gasteiger partial charge in [0.15, 0.2) is 0 Å². The van der Waals surface area contributed by atoms with Crippen LogP contribution in [0, 0.1) is 0 Å². The number of nitrogens with one attached hydrogen (secondary N) is 5. The largest absolute Gasteiger partial charge is 0.507 e. The molecule has 0 radical (unpaired) electrons. The molecule has 4 bridgehead atoms. The molecule has 67 heavy (non-hydrogen) atoms. The minimum absolute atomic E-state index is 0.0576. The Morgan fingerprint density at radius 2 is 1.31 bits per heavy atom. The molecule has 0 aromatic heterocycles. The Labute approximate surface area is 395 Å². The summed E-state index contributed by atoms with van der Waals surface area (Å²) in [6.07, 6.45) is 14.4. The SMILES string of the molecule is CCCCCCCCCCCCCCCC(=O)N(C)[C@H](CO)C(=O)N[C@H](C)C(=O)NCC(=O)N(C)[C@@H]1C(=O)N[C@@H](C)C(=O)N[C@H](C(=O)NC[C@@H](C)O)Cc2ccc(O)c(c2)-c2cc1ccc2O. The number of nitrogens with zero attached hydrogens (tertiary/aromatic N) is 2. The Kier molecular flexibility index (Phi) is 23.6.